The number of hydrogen-bond donors (Lipinski definition) is 2. The highest BCUT2D eigenvalue weighted by Crippen LogP contribution is 2.16. The van der Waals surface area contributed by atoms with Gasteiger partial charge in [-0.1, -0.05) is 6.07 Å². The van der Waals surface area contributed by atoms with Gasteiger partial charge in [-0.25, -0.2) is 0 Å². The van der Waals surface area contributed by atoms with E-state index < -0.39 is 0 Å². The molecule has 3 N–H and O–H groups in total. The van der Waals surface area contributed by atoms with Gasteiger partial charge >= 0.3 is 0 Å². The Hall–Kier alpha value is -1.24. The Kier molecular flexibility index (Phi) is 6.84. The fourth-order valence-corrected chi connectivity index (χ4v) is 2.79. The van der Waals surface area contributed by atoms with Gasteiger partial charge in [0.1, 0.15) is 0 Å². The van der Waals surface area contributed by atoms with Crippen LogP contribution in [0.4, 0.5) is 5.69 Å². The summed E-state index contributed by atoms with van der Waals surface area (Å²) in [6.45, 7) is 1.49. The van der Waals surface area contributed by atoms with Crippen molar-refractivity contribution in [3.8, 4) is 0 Å². The molecule has 0 unspecified atom stereocenters. The number of halogens is 1. The molecule has 0 bridgehead atoms. The predicted octanol–water partition coefficient (Wildman–Crippen LogP) is 1.19. The Labute approximate surface area is 128 Å². The zero-order valence-corrected chi connectivity index (χ0v) is 12.6. The average molecular weight is 316 g/mol. The minimum absolute atomic E-state index is 0. The second-order valence-electron chi connectivity index (χ2n) is 4.24. The van der Waals surface area contributed by atoms with Gasteiger partial charge in [-0.2, -0.15) is 11.8 Å². The van der Waals surface area contributed by atoms with Crippen LogP contribution in [0.15, 0.2) is 24.3 Å². The molecule has 0 aromatic heterocycles. The van der Waals surface area contributed by atoms with E-state index in [1.54, 1.807) is 24.3 Å². The number of nitrogens with one attached hydrogen (secondary N) is 1. The molecule has 1 aliphatic rings. The molecule has 1 saturated heterocycles. The molecule has 20 heavy (non-hydrogen) atoms. The molecule has 2 rings (SSSR count). The molecule has 0 atom stereocenters. The Balaban J connectivity index is 0.00000200. The van der Waals surface area contributed by atoms with E-state index in [2.05, 4.69) is 5.32 Å². The van der Waals surface area contributed by atoms with Crippen LogP contribution in [0, 0.1) is 0 Å². The van der Waals surface area contributed by atoms with Crippen molar-refractivity contribution in [1.29, 1.82) is 0 Å². The van der Waals surface area contributed by atoms with E-state index in [0.29, 0.717) is 11.3 Å². The summed E-state index contributed by atoms with van der Waals surface area (Å²) in [5, 5.41) is 2.65. The molecule has 5 nitrogen and oxygen atoms in total. The molecule has 110 valence electrons. The van der Waals surface area contributed by atoms with Crippen LogP contribution in [0.5, 0.6) is 0 Å². The molecular formula is C13H18ClN3O2S. The van der Waals surface area contributed by atoms with Gasteiger partial charge in [-0.05, 0) is 18.2 Å². The van der Waals surface area contributed by atoms with E-state index in [4.69, 9.17) is 5.73 Å². The van der Waals surface area contributed by atoms with Crippen molar-refractivity contribution < 1.29 is 9.59 Å². The number of nitrogens with zero attached hydrogens (tertiary/aromatic N) is 1. The second kappa shape index (κ2) is 8.14. The number of carbonyl (C=O) groups excluding carboxylic acids is 2. The summed E-state index contributed by atoms with van der Waals surface area (Å²) in [5.74, 6) is 1.72. The largest absolute Gasteiger partial charge is 0.337 e. The summed E-state index contributed by atoms with van der Waals surface area (Å²) in [6.07, 6.45) is 0. The van der Waals surface area contributed by atoms with Crippen LogP contribution in [0.25, 0.3) is 0 Å². The van der Waals surface area contributed by atoms with Crippen LogP contribution in [-0.2, 0) is 4.79 Å². The number of anilines is 1. The number of carbonyl (C=O) groups is 2. The Morgan fingerprint density at radius 3 is 2.65 bits per heavy atom. The summed E-state index contributed by atoms with van der Waals surface area (Å²) in [5.41, 5.74) is 6.45. The van der Waals surface area contributed by atoms with E-state index in [-0.39, 0.29) is 30.8 Å². The van der Waals surface area contributed by atoms with Gasteiger partial charge in [0.2, 0.25) is 5.91 Å². The molecule has 7 heteroatoms. The van der Waals surface area contributed by atoms with Gasteiger partial charge in [0.05, 0.1) is 6.54 Å². The third-order valence-corrected chi connectivity index (χ3v) is 3.82. The van der Waals surface area contributed by atoms with Crippen LogP contribution < -0.4 is 11.1 Å². The molecular weight excluding hydrogens is 298 g/mol. The Bertz CT molecular complexity index is 478. The molecule has 2 amide bonds. The smallest absolute Gasteiger partial charge is 0.253 e. The first-order valence-electron chi connectivity index (χ1n) is 6.17. The number of thioether (sulfide) groups is 1. The number of nitrogens with two attached hydrogens (primary N) is 1. The summed E-state index contributed by atoms with van der Waals surface area (Å²) in [4.78, 5) is 25.4. The molecule has 1 aromatic rings. The van der Waals surface area contributed by atoms with E-state index in [9.17, 15) is 9.59 Å². The minimum atomic E-state index is -0.265. The Morgan fingerprint density at radius 1 is 1.30 bits per heavy atom. The lowest BCUT2D eigenvalue weighted by molar-refractivity contribution is -0.114. The topological polar surface area (TPSA) is 75.4 Å². The monoisotopic (exact) mass is 315 g/mol. The van der Waals surface area contributed by atoms with Crippen molar-refractivity contribution in [3.05, 3.63) is 29.8 Å². The zero-order valence-electron chi connectivity index (χ0n) is 11.0. The standard InChI is InChI=1S/C13H17N3O2S.ClH/c14-9-12(17)15-11-3-1-2-10(8-11)13(18)16-4-6-19-7-5-16;/h1-3,8H,4-7,9,14H2,(H,15,17);1H. The van der Waals surface area contributed by atoms with Crippen molar-refractivity contribution in [2.45, 2.75) is 0 Å². The molecule has 0 saturated carbocycles. The van der Waals surface area contributed by atoms with Crippen molar-refractivity contribution in [1.82, 2.24) is 4.90 Å². The molecule has 1 aromatic carbocycles. The number of hydrogen-bond acceptors (Lipinski definition) is 4. The van der Waals surface area contributed by atoms with Gasteiger partial charge in [0.25, 0.3) is 5.91 Å². The predicted molar refractivity (Wildman–Crippen MR) is 84.6 cm³/mol. The lowest BCUT2D eigenvalue weighted by Gasteiger charge is -2.26. The van der Waals surface area contributed by atoms with Gasteiger partial charge in [-0.15, -0.1) is 12.4 Å². The molecule has 0 radical (unpaired) electrons. The average Bonchev–Trinajstić information content (AvgIpc) is 2.47. The van der Waals surface area contributed by atoms with Crippen molar-refractivity contribution in [3.63, 3.8) is 0 Å². The van der Waals surface area contributed by atoms with Crippen LogP contribution >= 0.6 is 24.2 Å². The van der Waals surface area contributed by atoms with Crippen LogP contribution in [0.2, 0.25) is 0 Å². The third kappa shape index (κ3) is 4.40. The quantitative estimate of drug-likeness (QED) is 0.878. The lowest BCUT2D eigenvalue weighted by atomic mass is 10.1. The van der Waals surface area contributed by atoms with Gasteiger partial charge in [0, 0.05) is 35.8 Å². The third-order valence-electron chi connectivity index (χ3n) is 2.88. The van der Waals surface area contributed by atoms with Crippen molar-refractivity contribution in [2.75, 3.05) is 36.5 Å². The maximum Gasteiger partial charge on any atom is 0.253 e. The van der Waals surface area contributed by atoms with Gasteiger partial charge in [0.15, 0.2) is 0 Å². The van der Waals surface area contributed by atoms with Crippen LogP contribution in [0.3, 0.4) is 0 Å². The van der Waals surface area contributed by atoms with E-state index in [0.717, 1.165) is 24.6 Å². The molecule has 0 aliphatic carbocycles. The van der Waals surface area contributed by atoms with E-state index >= 15 is 0 Å². The summed E-state index contributed by atoms with van der Waals surface area (Å²) >= 11 is 1.86. The molecule has 0 spiro atoms. The Morgan fingerprint density at radius 2 is 2.00 bits per heavy atom. The number of benzene rings is 1. The van der Waals surface area contributed by atoms with E-state index in [1.807, 2.05) is 16.7 Å². The van der Waals surface area contributed by atoms with Crippen LogP contribution in [-0.4, -0.2) is 47.9 Å². The summed E-state index contributed by atoms with van der Waals surface area (Å²) in [6, 6.07) is 6.97. The highest BCUT2D eigenvalue weighted by molar-refractivity contribution is 7.99. The maximum atomic E-state index is 12.3. The molecule has 1 heterocycles. The SMILES string of the molecule is Cl.NCC(=O)Nc1cccc(C(=O)N2CCSCC2)c1. The number of rotatable bonds is 3. The molecule has 1 fully saturated rings. The van der Waals surface area contributed by atoms with Crippen molar-refractivity contribution in [2.24, 2.45) is 5.73 Å². The van der Waals surface area contributed by atoms with Gasteiger partial charge < -0.3 is 16.0 Å². The molecule has 1 aliphatic heterocycles. The lowest BCUT2D eigenvalue weighted by Crippen LogP contribution is -2.37. The second-order valence-corrected chi connectivity index (χ2v) is 5.46. The minimum Gasteiger partial charge on any atom is -0.337 e. The zero-order chi connectivity index (χ0) is 13.7. The maximum absolute atomic E-state index is 12.3. The first-order valence-corrected chi connectivity index (χ1v) is 7.33. The fraction of sp³-hybridized carbons (Fsp3) is 0.385. The van der Waals surface area contributed by atoms with Gasteiger partial charge in [-0.3, -0.25) is 9.59 Å². The number of amides is 2. The van der Waals surface area contributed by atoms with Crippen molar-refractivity contribution >= 4 is 41.7 Å². The first kappa shape index (κ1) is 16.8. The van der Waals surface area contributed by atoms with E-state index in [1.165, 1.54) is 0 Å². The summed E-state index contributed by atoms with van der Waals surface area (Å²) < 4.78 is 0. The highest BCUT2D eigenvalue weighted by atomic mass is 35.5. The normalized spacial score (nSPS) is 14.3. The highest BCUT2D eigenvalue weighted by Gasteiger charge is 2.18. The first-order chi connectivity index (χ1) is 9.20. The fourth-order valence-electron chi connectivity index (χ4n) is 1.89. The summed E-state index contributed by atoms with van der Waals surface area (Å²) in [7, 11) is 0. The van der Waals surface area contributed by atoms with Crippen LogP contribution in [0.1, 0.15) is 10.4 Å².